The Bertz CT molecular complexity index is 350. The summed E-state index contributed by atoms with van der Waals surface area (Å²) in [6.45, 7) is 3.03. The Hall–Kier alpha value is -0.970. The summed E-state index contributed by atoms with van der Waals surface area (Å²) in [5, 5.41) is 3.36. The van der Waals surface area contributed by atoms with Crippen molar-refractivity contribution in [1.29, 1.82) is 0 Å². The molecule has 2 heterocycles. The highest BCUT2D eigenvalue weighted by Crippen LogP contribution is 2.23. The number of rotatable bonds is 4. The standard InChI is InChI=1S/C11H18N4S/c1-2-10-14-9(12)5-11(15-10)13-6-8-3-4-16-7-8/h5,8H,2-4,6-7H2,1H3,(H3,12,13,14,15). The van der Waals surface area contributed by atoms with Gasteiger partial charge in [0.1, 0.15) is 17.5 Å². The zero-order valence-corrected chi connectivity index (χ0v) is 10.4. The summed E-state index contributed by atoms with van der Waals surface area (Å²) in [5.41, 5.74) is 5.72. The maximum absolute atomic E-state index is 5.72. The molecule has 4 nitrogen and oxygen atoms in total. The summed E-state index contributed by atoms with van der Waals surface area (Å²) >= 11 is 2.03. The smallest absolute Gasteiger partial charge is 0.132 e. The highest BCUT2D eigenvalue weighted by molar-refractivity contribution is 7.99. The number of aromatic nitrogens is 2. The fourth-order valence-electron chi connectivity index (χ4n) is 1.76. The maximum Gasteiger partial charge on any atom is 0.132 e. The monoisotopic (exact) mass is 238 g/mol. The van der Waals surface area contributed by atoms with Crippen molar-refractivity contribution in [1.82, 2.24) is 9.97 Å². The number of thioether (sulfide) groups is 1. The van der Waals surface area contributed by atoms with Crippen molar-refractivity contribution in [3.05, 3.63) is 11.9 Å². The Labute approximate surface area is 100 Å². The van der Waals surface area contributed by atoms with Crippen LogP contribution in [0.15, 0.2) is 6.07 Å². The second-order valence-corrected chi connectivity index (χ2v) is 5.21. The lowest BCUT2D eigenvalue weighted by molar-refractivity contribution is 0.630. The van der Waals surface area contributed by atoms with Crippen LogP contribution in [0.4, 0.5) is 11.6 Å². The van der Waals surface area contributed by atoms with Gasteiger partial charge in [0.2, 0.25) is 0 Å². The van der Waals surface area contributed by atoms with Gasteiger partial charge in [0, 0.05) is 19.0 Å². The highest BCUT2D eigenvalue weighted by atomic mass is 32.2. The van der Waals surface area contributed by atoms with E-state index < -0.39 is 0 Å². The van der Waals surface area contributed by atoms with E-state index in [0.29, 0.717) is 5.82 Å². The van der Waals surface area contributed by atoms with E-state index in [4.69, 9.17) is 5.73 Å². The minimum atomic E-state index is 0.551. The number of nitrogens with two attached hydrogens (primary N) is 1. The molecule has 88 valence electrons. The molecule has 1 fully saturated rings. The molecule has 1 aliphatic heterocycles. The van der Waals surface area contributed by atoms with Gasteiger partial charge in [0.05, 0.1) is 0 Å². The minimum absolute atomic E-state index is 0.551. The molecule has 0 aromatic carbocycles. The van der Waals surface area contributed by atoms with E-state index >= 15 is 0 Å². The van der Waals surface area contributed by atoms with Gasteiger partial charge in [0.25, 0.3) is 0 Å². The molecule has 1 aromatic heterocycles. The fourth-order valence-corrected chi connectivity index (χ4v) is 3.04. The first-order valence-corrected chi connectivity index (χ1v) is 6.88. The van der Waals surface area contributed by atoms with Crippen LogP contribution < -0.4 is 11.1 Å². The van der Waals surface area contributed by atoms with Crippen LogP contribution in [0.25, 0.3) is 0 Å². The Balaban J connectivity index is 1.94. The average Bonchev–Trinajstić information content (AvgIpc) is 2.78. The van der Waals surface area contributed by atoms with Crippen LogP contribution in [0, 0.1) is 5.92 Å². The van der Waals surface area contributed by atoms with Gasteiger partial charge in [-0.15, -0.1) is 0 Å². The lowest BCUT2D eigenvalue weighted by Gasteiger charge is -2.11. The quantitative estimate of drug-likeness (QED) is 0.837. The van der Waals surface area contributed by atoms with Crippen molar-refractivity contribution in [2.45, 2.75) is 19.8 Å². The summed E-state index contributed by atoms with van der Waals surface area (Å²) in [4.78, 5) is 8.56. The third-order valence-corrected chi connectivity index (χ3v) is 3.94. The summed E-state index contributed by atoms with van der Waals surface area (Å²) in [6, 6.07) is 1.81. The fraction of sp³-hybridized carbons (Fsp3) is 0.636. The van der Waals surface area contributed by atoms with Gasteiger partial charge in [-0.05, 0) is 23.8 Å². The summed E-state index contributed by atoms with van der Waals surface area (Å²) < 4.78 is 0. The van der Waals surface area contributed by atoms with Crippen LogP contribution in [0.3, 0.4) is 0 Å². The Morgan fingerprint density at radius 3 is 3.12 bits per heavy atom. The van der Waals surface area contributed by atoms with Crippen molar-refractivity contribution >= 4 is 23.4 Å². The van der Waals surface area contributed by atoms with Crippen LogP contribution in [0.2, 0.25) is 0 Å². The average molecular weight is 238 g/mol. The van der Waals surface area contributed by atoms with Crippen LogP contribution >= 0.6 is 11.8 Å². The summed E-state index contributed by atoms with van der Waals surface area (Å²) in [6.07, 6.45) is 2.12. The van der Waals surface area contributed by atoms with Crippen LogP contribution in [-0.4, -0.2) is 28.0 Å². The topological polar surface area (TPSA) is 63.8 Å². The molecule has 3 N–H and O–H groups in total. The summed E-state index contributed by atoms with van der Waals surface area (Å²) in [5.74, 6) is 5.54. The molecule has 1 aromatic rings. The second-order valence-electron chi connectivity index (χ2n) is 4.06. The normalized spacial score (nSPS) is 19.9. The first-order chi connectivity index (χ1) is 7.78. The molecule has 16 heavy (non-hydrogen) atoms. The predicted octanol–water partition coefficient (Wildman–Crippen LogP) is 1.79. The van der Waals surface area contributed by atoms with E-state index in [1.54, 1.807) is 6.07 Å². The Morgan fingerprint density at radius 1 is 1.56 bits per heavy atom. The van der Waals surface area contributed by atoms with Crippen LogP contribution in [0.1, 0.15) is 19.2 Å². The molecule has 1 atom stereocenters. The molecule has 0 saturated carbocycles. The van der Waals surface area contributed by atoms with Crippen molar-refractivity contribution in [2.75, 3.05) is 29.1 Å². The zero-order chi connectivity index (χ0) is 11.4. The lowest BCUT2D eigenvalue weighted by atomic mass is 10.1. The molecular formula is C11H18N4S. The molecule has 0 bridgehead atoms. The summed E-state index contributed by atoms with van der Waals surface area (Å²) in [7, 11) is 0. The number of nitrogens with zero attached hydrogens (tertiary/aromatic N) is 2. The van der Waals surface area contributed by atoms with Gasteiger partial charge >= 0.3 is 0 Å². The van der Waals surface area contributed by atoms with E-state index in [2.05, 4.69) is 15.3 Å². The largest absolute Gasteiger partial charge is 0.384 e. The van der Waals surface area contributed by atoms with E-state index in [9.17, 15) is 0 Å². The number of aryl methyl sites for hydroxylation is 1. The van der Waals surface area contributed by atoms with Crippen molar-refractivity contribution in [3.8, 4) is 0 Å². The Kier molecular flexibility index (Phi) is 3.88. The molecule has 1 saturated heterocycles. The van der Waals surface area contributed by atoms with Crippen molar-refractivity contribution in [2.24, 2.45) is 5.92 Å². The molecule has 1 aliphatic rings. The number of nitrogens with one attached hydrogen (secondary N) is 1. The zero-order valence-electron chi connectivity index (χ0n) is 9.57. The molecule has 2 rings (SSSR count). The molecule has 0 spiro atoms. The number of hydrogen-bond acceptors (Lipinski definition) is 5. The number of nitrogen functional groups attached to an aromatic ring is 1. The first-order valence-electron chi connectivity index (χ1n) is 5.73. The minimum Gasteiger partial charge on any atom is -0.384 e. The van der Waals surface area contributed by atoms with Crippen molar-refractivity contribution < 1.29 is 0 Å². The molecule has 0 amide bonds. The van der Waals surface area contributed by atoms with E-state index in [0.717, 1.165) is 30.5 Å². The van der Waals surface area contributed by atoms with Gasteiger partial charge in [-0.3, -0.25) is 0 Å². The van der Waals surface area contributed by atoms with Gasteiger partial charge < -0.3 is 11.1 Å². The number of anilines is 2. The van der Waals surface area contributed by atoms with E-state index in [-0.39, 0.29) is 0 Å². The van der Waals surface area contributed by atoms with Gasteiger partial charge in [-0.1, -0.05) is 6.92 Å². The highest BCUT2D eigenvalue weighted by Gasteiger charge is 2.15. The molecule has 1 unspecified atom stereocenters. The van der Waals surface area contributed by atoms with Gasteiger partial charge in [-0.25, -0.2) is 9.97 Å². The van der Waals surface area contributed by atoms with Gasteiger partial charge in [-0.2, -0.15) is 11.8 Å². The molecule has 0 radical (unpaired) electrons. The number of hydrogen-bond donors (Lipinski definition) is 2. The SMILES string of the molecule is CCc1nc(N)cc(NCC2CCSC2)n1. The molecule has 5 heteroatoms. The third-order valence-electron chi connectivity index (χ3n) is 2.70. The van der Waals surface area contributed by atoms with Crippen LogP contribution in [0.5, 0.6) is 0 Å². The van der Waals surface area contributed by atoms with Crippen LogP contribution in [-0.2, 0) is 6.42 Å². The first kappa shape index (κ1) is 11.5. The van der Waals surface area contributed by atoms with E-state index in [1.807, 2.05) is 18.7 Å². The third kappa shape index (κ3) is 3.01. The molecule has 0 aliphatic carbocycles. The lowest BCUT2D eigenvalue weighted by Crippen LogP contribution is -2.15. The maximum atomic E-state index is 5.72. The molecular weight excluding hydrogens is 220 g/mol. The Morgan fingerprint density at radius 2 is 2.44 bits per heavy atom. The van der Waals surface area contributed by atoms with Crippen molar-refractivity contribution in [3.63, 3.8) is 0 Å². The van der Waals surface area contributed by atoms with Gasteiger partial charge in [0.15, 0.2) is 0 Å². The predicted molar refractivity (Wildman–Crippen MR) is 69.7 cm³/mol. The van der Waals surface area contributed by atoms with E-state index in [1.165, 1.54) is 17.9 Å². The second kappa shape index (κ2) is 5.39.